The Kier molecular flexibility index (Phi) is 4.09. The SMILES string of the molecule is CNCCCc1cnc(C2CCCS2)o1. The lowest BCUT2D eigenvalue weighted by Gasteiger charge is -2.01. The molecule has 0 spiro atoms. The van der Waals surface area contributed by atoms with Crippen molar-refractivity contribution in [1.29, 1.82) is 0 Å². The molecule has 1 aromatic rings. The maximum Gasteiger partial charge on any atom is 0.207 e. The highest BCUT2D eigenvalue weighted by molar-refractivity contribution is 7.99. The summed E-state index contributed by atoms with van der Waals surface area (Å²) in [6, 6.07) is 0. The molecule has 15 heavy (non-hydrogen) atoms. The lowest BCUT2D eigenvalue weighted by molar-refractivity contribution is 0.443. The van der Waals surface area contributed by atoms with Crippen molar-refractivity contribution in [3.8, 4) is 0 Å². The summed E-state index contributed by atoms with van der Waals surface area (Å²) in [6.07, 6.45) is 6.52. The molecule has 0 amide bonds. The Morgan fingerprint density at radius 2 is 2.60 bits per heavy atom. The van der Waals surface area contributed by atoms with Gasteiger partial charge in [-0.05, 0) is 38.6 Å². The first-order valence-corrected chi connectivity index (χ1v) is 6.66. The average molecular weight is 226 g/mol. The van der Waals surface area contributed by atoms with Gasteiger partial charge in [-0.2, -0.15) is 0 Å². The summed E-state index contributed by atoms with van der Waals surface area (Å²) in [5.74, 6) is 3.23. The Labute approximate surface area is 95.0 Å². The zero-order valence-corrected chi connectivity index (χ0v) is 9.98. The normalized spacial score (nSPS) is 21.0. The fraction of sp³-hybridized carbons (Fsp3) is 0.727. The van der Waals surface area contributed by atoms with E-state index in [4.69, 9.17) is 4.42 Å². The van der Waals surface area contributed by atoms with Gasteiger partial charge in [0.05, 0.1) is 11.4 Å². The predicted molar refractivity (Wildman–Crippen MR) is 63.2 cm³/mol. The van der Waals surface area contributed by atoms with Crippen LogP contribution in [0.25, 0.3) is 0 Å². The Morgan fingerprint density at radius 3 is 3.33 bits per heavy atom. The summed E-state index contributed by atoms with van der Waals surface area (Å²) in [4.78, 5) is 4.37. The molecule has 3 nitrogen and oxygen atoms in total. The van der Waals surface area contributed by atoms with Gasteiger partial charge in [0.2, 0.25) is 5.89 Å². The quantitative estimate of drug-likeness (QED) is 0.782. The van der Waals surface area contributed by atoms with Gasteiger partial charge in [0.15, 0.2) is 0 Å². The van der Waals surface area contributed by atoms with E-state index >= 15 is 0 Å². The number of rotatable bonds is 5. The van der Waals surface area contributed by atoms with Crippen molar-refractivity contribution in [2.24, 2.45) is 0 Å². The fourth-order valence-corrected chi connectivity index (χ4v) is 3.00. The van der Waals surface area contributed by atoms with Crippen LogP contribution in [0.2, 0.25) is 0 Å². The van der Waals surface area contributed by atoms with Crippen LogP contribution in [-0.4, -0.2) is 24.3 Å². The highest BCUT2D eigenvalue weighted by Gasteiger charge is 2.22. The summed E-state index contributed by atoms with van der Waals surface area (Å²) < 4.78 is 5.75. The molecule has 1 aromatic heterocycles. The van der Waals surface area contributed by atoms with E-state index in [1.54, 1.807) is 0 Å². The van der Waals surface area contributed by atoms with E-state index in [0.29, 0.717) is 5.25 Å². The third-order valence-corrected chi connectivity index (χ3v) is 3.99. The molecule has 0 bridgehead atoms. The molecule has 0 radical (unpaired) electrons. The van der Waals surface area contributed by atoms with E-state index in [1.165, 1.54) is 18.6 Å². The first kappa shape index (κ1) is 11.0. The van der Waals surface area contributed by atoms with E-state index in [9.17, 15) is 0 Å². The van der Waals surface area contributed by atoms with Crippen molar-refractivity contribution in [2.75, 3.05) is 19.3 Å². The first-order valence-electron chi connectivity index (χ1n) is 5.61. The number of nitrogens with zero attached hydrogens (tertiary/aromatic N) is 1. The second-order valence-corrected chi connectivity index (χ2v) is 5.18. The van der Waals surface area contributed by atoms with Gasteiger partial charge in [-0.15, -0.1) is 11.8 Å². The number of oxazole rings is 1. The predicted octanol–water partition coefficient (Wildman–Crippen LogP) is 2.39. The van der Waals surface area contributed by atoms with Gasteiger partial charge >= 0.3 is 0 Å². The van der Waals surface area contributed by atoms with E-state index in [-0.39, 0.29) is 0 Å². The van der Waals surface area contributed by atoms with Gasteiger partial charge in [-0.25, -0.2) is 4.98 Å². The van der Waals surface area contributed by atoms with Crippen LogP contribution in [0, 0.1) is 0 Å². The van der Waals surface area contributed by atoms with Crippen molar-refractivity contribution >= 4 is 11.8 Å². The standard InChI is InChI=1S/C11H18N2OS/c1-12-6-2-4-9-8-13-11(14-9)10-5-3-7-15-10/h8,10,12H,2-7H2,1H3. The highest BCUT2D eigenvalue weighted by Crippen LogP contribution is 2.39. The van der Waals surface area contributed by atoms with Gasteiger partial charge in [0.25, 0.3) is 0 Å². The third kappa shape index (κ3) is 2.98. The van der Waals surface area contributed by atoms with E-state index in [1.807, 2.05) is 25.0 Å². The van der Waals surface area contributed by atoms with E-state index in [0.717, 1.165) is 31.0 Å². The molecular formula is C11H18N2OS. The van der Waals surface area contributed by atoms with Crippen LogP contribution >= 0.6 is 11.8 Å². The maximum atomic E-state index is 5.75. The molecule has 1 aliphatic heterocycles. The van der Waals surface area contributed by atoms with Gasteiger partial charge in [-0.3, -0.25) is 0 Å². The molecule has 4 heteroatoms. The summed E-state index contributed by atoms with van der Waals surface area (Å²) in [7, 11) is 1.97. The summed E-state index contributed by atoms with van der Waals surface area (Å²) >= 11 is 1.97. The van der Waals surface area contributed by atoms with Crippen LogP contribution in [-0.2, 0) is 6.42 Å². The second kappa shape index (κ2) is 5.56. The van der Waals surface area contributed by atoms with Crippen molar-refractivity contribution in [2.45, 2.75) is 30.9 Å². The molecule has 1 unspecified atom stereocenters. The van der Waals surface area contributed by atoms with Crippen LogP contribution < -0.4 is 5.32 Å². The van der Waals surface area contributed by atoms with Gasteiger partial charge in [-0.1, -0.05) is 0 Å². The van der Waals surface area contributed by atoms with Crippen molar-refractivity contribution < 1.29 is 4.42 Å². The van der Waals surface area contributed by atoms with Crippen LogP contribution in [0.1, 0.15) is 36.2 Å². The topological polar surface area (TPSA) is 38.1 Å². The van der Waals surface area contributed by atoms with Gasteiger partial charge in [0.1, 0.15) is 5.76 Å². The number of nitrogens with one attached hydrogen (secondary N) is 1. The third-order valence-electron chi connectivity index (χ3n) is 2.63. The molecule has 2 heterocycles. The van der Waals surface area contributed by atoms with Crippen LogP contribution in [0.5, 0.6) is 0 Å². The molecule has 0 aromatic carbocycles. The number of hydrogen-bond donors (Lipinski definition) is 1. The van der Waals surface area contributed by atoms with Crippen molar-refractivity contribution in [3.05, 3.63) is 17.8 Å². The van der Waals surface area contributed by atoms with Crippen molar-refractivity contribution in [3.63, 3.8) is 0 Å². The zero-order valence-electron chi connectivity index (χ0n) is 9.16. The minimum absolute atomic E-state index is 0.517. The molecule has 1 aliphatic rings. The molecule has 0 saturated carbocycles. The smallest absolute Gasteiger partial charge is 0.207 e. The van der Waals surface area contributed by atoms with Crippen molar-refractivity contribution in [1.82, 2.24) is 10.3 Å². The molecule has 1 saturated heterocycles. The number of aromatic nitrogens is 1. The Bertz CT molecular complexity index is 295. The summed E-state index contributed by atoms with van der Waals surface area (Å²) in [5.41, 5.74) is 0. The minimum Gasteiger partial charge on any atom is -0.445 e. The minimum atomic E-state index is 0.517. The molecule has 2 rings (SSSR count). The second-order valence-electron chi connectivity index (χ2n) is 3.87. The lowest BCUT2D eigenvalue weighted by atomic mass is 10.2. The largest absolute Gasteiger partial charge is 0.445 e. The highest BCUT2D eigenvalue weighted by atomic mass is 32.2. The first-order chi connectivity index (χ1) is 7.40. The number of aryl methyl sites for hydroxylation is 1. The summed E-state index contributed by atoms with van der Waals surface area (Å²) in [5, 5.41) is 3.65. The fourth-order valence-electron chi connectivity index (χ4n) is 1.80. The van der Waals surface area contributed by atoms with Crippen LogP contribution in [0.3, 0.4) is 0 Å². The van der Waals surface area contributed by atoms with Gasteiger partial charge < -0.3 is 9.73 Å². The van der Waals surface area contributed by atoms with E-state index in [2.05, 4.69) is 10.3 Å². The number of hydrogen-bond acceptors (Lipinski definition) is 4. The monoisotopic (exact) mass is 226 g/mol. The van der Waals surface area contributed by atoms with E-state index < -0.39 is 0 Å². The Balaban J connectivity index is 1.86. The van der Waals surface area contributed by atoms with Crippen LogP contribution in [0.15, 0.2) is 10.6 Å². The average Bonchev–Trinajstić information content (AvgIpc) is 2.87. The molecule has 0 aliphatic carbocycles. The van der Waals surface area contributed by atoms with Gasteiger partial charge in [0, 0.05) is 6.42 Å². The molecule has 84 valence electrons. The summed E-state index contributed by atoms with van der Waals surface area (Å²) in [6.45, 7) is 1.04. The maximum absolute atomic E-state index is 5.75. The molecule has 1 fully saturated rings. The zero-order chi connectivity index (χ0) is 10.5. The molecular weight excluding hydrogens is 208 g/mol. The lowest BCUT2D eigenvalue weighted by Crippen LogP contribution is -2.08. The van der Waals surface area contributed by atoms with Crippen LogP contribution in [0.4, 0.5) is 0 Å². The Morgan fingerprint density at radius 1 is 1.67 bits per heavy atom. The molecule has 1 atom stereocenters. The number of thioether (sulfide) groups is 1. The molecule has 1 N–H and O–H groups in total. The Hall–Kier alpha value is -0.480.